The summed E-state index contributed by atoms with van der Waals surface area (Å²) in [6.07, 6.45) is 0. The van der Waals surface area contributed by atoms with Crippen LogP contribution in [0.2, 0.25) is 50.2 Å². The third-order valence-electron chi connectivity index (χ3n) is 11.7. The van der Waals surface area contributed by atoms with E-state index in [2.05, 4.69) is 63.7 Å². The van der Waals surface area contributed by atoms with Crippen molar-refractivity contribution in [2.24, 2.45) is 0 Å². The van der Waals surface area contributed by atoms with Gasteiger partial charge in [0.1, 0.15) is 0 Å². The average Bonchev–Trinajstić information content (AvgIpc) is 0.825. The number of halogens is 14. The average molecular weight is 1710 g/mol. The molecule has 0 fully saturated rings. The van der Waals surface area contributed by atoms with Crippen molar-refractivity contribution >= 4 is 263 Å². The number of aromatic carboxylic acids is 2. The van der Waals surface area contributed by atoms with E-state index in [1.807, 2.05) is 0 Å². The van der Waals surface area contributed by atoms with E-state index in [0.29, 0.717) is 12.1 Å². The third-order valence-corrected chi connectivity index (χ3v) is 19.7. The van der Waals surface area contributed by atoms with Crippen molar-refractivity contribution in [3.63, 3.8) is 0 Å². The minimum atomic E-state index is -1.87. The monoisotopic (exact) mass is 1710 g/mol. The van der Waals surface area contributed by atoms with E-state index in [-0.39, 0.29) is 27.9 Å². The predicted molar refractivity (Wildman–Crippen MR) is 338 cm³/mol. The molecule has 0 saturated carbocycles. The number of carboxylic acid groups (broad SMARTS) is 2. The Bertz CT molecular complexity index is 4290. The molecule has 0 aliphatic heterocycles. The lowest BCUT2D eigenvalue weighted by Gasteiger charge is -2.15. The minimum Gasteiger partial charge on any atom is -0.478 e. The first-order valence-electron chi connectivity index (χ1n) is 23.5. The van der Waals surface area contributed by atoms with E-state index < -0.39 is 202 Å². The third kappa shape index (κ3) is 15.4. The Labute approximate surface area is 594 Å². The van der Waals surface area contributed by atoms with Crippen LogP contribution >= 0.6 is 180 Å². The summed E-state index contributed by atoms with van der Waals surface area (Å²) in [7, 11) is 0. The zero-order chi connectivity index (χ0) is 68.4. The predicted octanol–water partition coefficient (Wildman–Crippen LogP) is 16.7. The molecule has 7 aromatic rings. The highest BCUT2D eigenvalue weighted by molar-refractivity contribution is 9.13. The summed E-state index contributed by atoms with van der Waals surface area (Å²) in [5, 5.41) is 14.0. The SMILES string of the molecule is O=C(OC(=O)c1c(C(=O)OC(=O)c2ccc(Br)c(Br)c2C(=O)OC(=O)c2ccc(Cl)c(Cl)c2C(=O)O)ccc(Cl)c1Cl)c1cc(Cl)c(Cl)cc1C(=O)OC(=O)c1c(C(=O)OC(=O)c2ccc(Br)c(Br)c2C(=O)OC(=O)c2ccc(Cl)c(Cl)c2C(=O)O)ccc(Cl)c1Cl. The van der Waals surface area contributed by atoms with Crippen molar-refractivity contribution in [3.8, 4) is 0 Å². The van der Waals surface area contributed by atoms with E-state index >= 15 is 0 Å². The fourth-order valence-corrected chi connectivity index (χ4v) is 11.2. The van der Waals surface area contributed by atoms with Gasteiger partial charge in [-0.15, -0.1) is 0 Å². The van der Waals surface area contributed by atoms with Crippen LogP contribution in [0.5, 0.6) is 0 Å². The highest BCUT2D eigenvalue weighted by atomic mass is 79.9. The van der Waals surface area contributed by atoms with Crippen LogP contribution in [0.4, 0.5) is 0 Å². The molecule has 0 radical (unpaired) electrons. The van der Waals surface area contributed by atoms with Crippen LogP contribution < -0.4 is 0 Å². The van der Waals surface area contributed by atoms with E-state index in [4.69, 9.17) is 144 Å². The number of benzene rings is 7. The van der Waals surface area contributed by atoms with Gasteiger partial charge in [-0.3, -0.25) is 0 Å². The summed E-state index contributed by atoms with van der Waals surface area (Å²) in [6.45, 7) is 0. The Kier molecular flexibility index (Phi) is 23.7. The van der Waals surface area contributed by atoms with Gasteiger partial charge in [-0.2, -0.15) is 0 Å². The highest BCUT2D eigenvalue weighted by Gasteiger charge is 2.37. The fraction of sp³-hybridized carbons (Fsp3) is 0. The van der Waals surface area contributed by atoms with E-state index in [1.54, 1.807) is 0 Å². The number of carboxylic acids is 2. The van der Waals surface area contributed by atoms with Crippen LogP contribution in [0.25, 0.3) is 0 Å². The molecule has 0 bridgehead atoms. The lowest BCUT2D eigenvalue weighted by atomic mass is 10.1. The lowest BCUT2D eigenvalue weighted by Crippen LogP contribution is -2.24. The first-order valence-corrected chi connectivity index (χ1v) is 30.5. The Morgan fingerprint density at radius 3 is 0.707 bits per heavy atom. The molecular formula is C56H16Br4Cl10O22. The topological polar surface area (TPSA) is 335 Å². The second kappa shape index (κ2) is 30.0. The normalized spacial score (nSPS) is 10.8. The van der Waals surface area contributed by atoms with Gasteiger partial charge in [-0.25, -0.2) is 67.1 Å². The van der Waals surface area contributed by atoms with Crippen molar-refractivity contribution in [1.82, 2.24) is 0 Å². The number of rotatable bonds is 14. The molecule has 0 unspecified atom stereocenters. The van der Waals surface area contributed by atoms with Crippen molar-refractivity contribution in [2.45, 2.75) is 0 Å². The molecule has 0 amide bonds. The van der Waals surface area contributed by atoms with E-state index in [0.717, 1.165) is 72.8 Å². The lowest BCUT2D eigenvalue weighted by molar-refractivity contribution is 0.0338. The van der Waals surface area contributed by atoms with E-state index in [9.17, 15) is 77.3 Å². The molecular weight excluding hydrogens is 1700 g/mol. The summed E-state index contributed by atoms with van der Waals surface area (Å²) in [5.74, 6) is -24.2. The van der Waals surface area contributed by atoms with Gasteiger partial charge in [0.2, 0.25) is 0 Å². The summed E-state index contributed by atoms with van der Waals surface area (Å²) in [4.78, 5) is 188. The molecule has 2 N–H and O–H groups in total. The van der Waals surface area contributed by atoms with Crippen molar-refractivity contribution in [1.29, 1.82) is 0 Å². The van der Waals surface area contributed by atoms with Gasteiger partial charge >= 0.3 is 83.6 Å². The Morgan fingerprint density at radius 1 is 0.250 bits per heavy atom. The number of ether oxygens (including phenoxy) is 6. The molecule has 7 rings (SSSR count). The molecule has 470 valence electrons. The van der Waals surface area contributed by atoms with Gasteiger partial charge in [-0.05, 0) is 149 Å². The van der Waals surface area contributed by atoms with Crippen LogP contribution in [-0.2, 0) is 28.4 Å². The Morgan fingerprint density at radius 2 is 0.446 bits per heavy atom. The van der Waals surface area contributed by atoms with Crippen LogP contribution in [0.1, 0.15) is 145 Å². The molecule has 0 atom stereocenters. The number of hydrogen-bond acceptors (Lipinski definition) is 20. The van der Waals surface area contributed by atoms with Gasteiger partial charge in [0.25, 0.3) is 0 Å². The van der Waals surface area contributed by atoms with Gasteiger partial charge < -0.3 is 38.6 Å². The van der Waals surface area contributed by atoms with Crippen LogP contribution in [-0.4, -0.2) is 93.8 Å². The molecule has 92 heavy (non-hydrogen) atoms. The fourth-order valence-electron chi connectivity index (χ4n) is 7.57. The zero-order valence-corrected chi connectivity index (χ0v) is 57.3. The molecule has 0 heterocycles. The number of carbonyl (C=O) groups excluding carboxylic acids is 12. The van der Waals surface area contributed by atoms with Crippen molar-refractivity contribution in [2.75, 3.05) is 0 Å². The summed E-state index contributed by atoms with van der Waals surface area (Å²) in [5.41, 5.74) is -12.6. The highest BCUT2D eigenvalue weighted by Crippen LogP contribution is 2.38. The maximum atomic E-state index is 14.0. The second-order valence-electron chi connectivity index (χ2n) is 17.2. The summed E-state index contributed by atoms with van der Waals surface area (Å²) in [6, 6.07) is 12.6. The van der Waals surface area contributed by atoms with Crippen molar-refractivity contribution < 1.29 is 106 Å². The quantitative estimate of drug-likeness (QED) is 0.0580. The van der Waals surface area contributed by atoms with Gasteiger partial charge in [-0.1, -0.05) is 116 Å². The number of hydrogen-bond donors (Lipinski definition) is 2. The first-order chi connectivity index (χ1) is 43.1. The first kappa shape index (κ1) is 72.6. The molecule has 0 spiro atoms. The van der Waals surface area contributed by atoms with Gasteiger partial charge in [0.05, 0.1) is 128 Å². The molecule has 36 heteroatoms. The molecule has 0 saturated heterocycles. The van der Waals surface area contributed by atoms with E-state index in [1.165, 1.54) is 0 Å². The smallest absolute Gasteiger partial charge is 0.348 e. The molecule has 0 aromatic heterocycles. The second-order valence-corrected chi connectivity index (χ2v) is 24.4. The standard InChI is InChI=1S/C56H16Br4Cl10O22/c57-23-7-1-15(31(37(23)59)53(83)89-47(77)17-3-9-25(61)39(67)33(17)43(71)72)45(75)87-49(79)19-5-11-27(63)41(69)35(19)55(85)91-51(81)21-13-29(65)30(66)14-22(21)52(82)92-56(86)36-20(6-12-28(64)42(36)70)50(80)88-46(76)16-2-8-24(58)38(60)32(16)54(84)90-48(78)18-4-10-26(62)40(68)34(18)44(73)74/h1-14H,(H,71,72)(H,73,74). The Hall–Kier alpha value is -6.86. The number of carbonyl (C=O) groups is 14. The van der Waals surface area contributed by atoms with Gasteiger partial charge in [0, 0.05) is 17.9 Å². The van der Waals surface area contributed by atoms with Crippen molar-refractivity contribution in [3.05, 3.63) is 231 Å². The van der Waals surface area contributed by atoms with Crippen LogP contribution in [0.3, 0.4) is 0 Å². The maximum Gasteiger partial charge on any atom is 0.348 e. The summed E-state index contributed by atoms with van der Waals surface area (Å²) < 4.78 is 29.3. The summed E-state index contributed by atoms with van der Waals surface area (Å²) >= 11 is 73.5. The van der Waals surface area contributed by atoms with Crippen LogP contribution in [0.15, 0.2) is 103 Å². The molecule has 0 aliphatic carbocycles. The van der Waals surface area contributed by atoms with Gasteiger partial charge in [0.15, 0.2) is 0 Å². The largest absolute Gasteiger partial charge is 0.478 e. The number of esters is 12. The zero-order valence-electron chi connectivity index (χ0n) is 43.4. The minimum absolute atomic E-state index is 0.0485. The molecule has 7 aromatic carbocycles. The van der Waals surface area contributed by atoms with Crippen LogP contribution in [0, 0.1) is 0 Å². The molecule has 0 aliphatic rings. The molecule has 22 nitrogen and oxygen atoms in total. The Balaban J connectivity index is 1.12. The maximum absolute atomic E-state index is 14.0.